The van der Waals surface area contributed by atoms with E-state index in [1.165, 1.54) is 17.6 Å². The molecule has 0 amide bonds. The predicted octanol–water partition coefficient (Wildman–Crippen LogP) is 3.01. The quantitative estimate of drug-likeness (QED) is 0.630. The second-order valence-corrected chi connectivity index (χ2v) is 5.32. The molecule has 110 valence electrons. The van der Waals surface area contributed by atoms with Gasteiger partial charge in [0.05, 0.1) is 11.9 Å². The molecule has 0 unspecified atom stereocenters. The number of thiazole rings is 1. The summed E-state index contributed by atoms with van der Waals surface area (Å²) in [5, 5.41) is 15.8. The van der Waals surface area contributed by atoms with E-state index in [2.05, 4.69) is 15.5 Å². The molecule has 1 heterocycles. The van der Waals surface area contributed by atoms with Crippen LogP contribution in [0.1, 0.15) is 11.3 Å². The molecule has 2 aromatic rings. The van der Waals surface area contributed by atoms with E-state index in [9.17, 15) is 4.79 Å². The van der Waals surface area contributed by atoms with E-state index in [1.807, 2.05) is 12.3 Å². The third-order valence-corrected chi connectivity index (χ3v) is 3.41. The number of hydrazone groups is 1. The number of ether oxygens (including phenoxy) is 1. The lowest BCUT2D eigenvalue weighted by atomic mass is 10.2. The lowest BCUT2D eigenvalue weighted by Gasteiger charge is -2.07. The third-order valence-electron chi connectivity index (χ3n) is 2.31. The second-order valence-electron chi connectivity index (χ2n) is 4.03. The highest BCUT2D eigenvalue weighted by atomic mass is 35.5. The number of anilines is 1. The van der Waals surface area contributed by atoms with Crippen LogP contribution in [-0.2, 0) is 4.79 Å². The van der Waals surface area contributed by atoms with Gasteiger partial charge in [0.2, 0.25) is 5.13 Å². The van der Waals surface area contributed by atoms with Crippen molar-refractivity contribution in [3.63, 3.8) is 0 Å². The van der Waals surface area contributed by atoms with Gasteiger partial charge in [-0.2, -0.15) is 5.10 Å². The van der Waals surface area contributed by atoms with Crippen LogP contribution in [0.3, 0.4) is 0 Å². The standard InChI is InChI=1S/C13H12ClN3O3S/c1-8-7-21-13(16-8)17-15-5-9-4-10(14)2-3-11(9)20-6-12(18)19/h2-5,7H,6H2,1H3,(H,16,17)(H,18,19). The molecule has 2 N–H and O–H groups in total. The van der Waals surface area contributed by atoms with Gasteiger partial charge in [-0.25, -0.2) is 9.78 Å². The number of nitrogens with one attached hydrogen (secondary N) is 1. The van der Waals surface area contributed by atoms with Gasteiger partial charge in [-0.3, -0.25) is 5.43 Å². The van der Waals surface area contributed by atoms with Crippen molar-refractivity contribution in [3.05, 3.63) is 39.9 Å². The van der Waals surface area contributed by atoms with Crippen LogP contribution in [0.25, 0.3) is 0 Å². The maximum atomic E-state index is 10.5. The van der Waals surface area contributed by atoms with Gasteiger partial charge in [-0.15, -0.1) is 11.3 Å². The van der Waals surface area contributed by atoms with Crippen LogP contribution >= 0.6 is 22.9 Å². The number of carboxylic acids is 1. The van der Waals surface area contributed by atoms with Crippen molar-refractivity contribution in [2.24, 2.45) is 5.10 Å². The van der Waals surface area contributed by atoms with Crippen LogP contribution in [0.5, 0.6) is 5.75 Å². The van der Waals surface area contributed by atoms with Gasteiger partial charge in [0.15, 0.2) is 6.61 Å². The van der Waals surface area contributed by atoms with E-state index in [-0.39, 0.29) is 0 Å². The number of carbonyl (C=O) groups is 1. The van der Waals surface area contributed by atoms with E-state index in [0.717, 1.165) is 5.69 Å². The van der Waals surface area contributed by atoms with Crippen molar-refractivity contribution in [1.82, 2.24) is 4.98 Å². The summed E-state index contributed by atoms with van der Waals surface area (Å²) in [4.78, 5) is 14.7. The fraction of sp³-hybridized carbons (Fsp3) is 0.154. The highest BCUT2D eigenvalue weighted by Crippen LogP contribution is 2.21. The molecule has 0 bridgehead atoms. The molecule has 1 aromatic carbocycles. The fourth-order valence-electron chi connectivity index (χ4n) is 1.45. The highest BCUT2D eigenvalue weighted by molar-refractivity contribution is 7.13. The molecule has 0 fully saturated rings. The minimum atomic E-state index is -1.05. The number of hydrogen-bond donors (Lipinski definition) is 2. The Hall–Kier alpha value is -2.12. The Kier molecular flexibility index (Phi) is 5.13. The fourth-order valence-corrected chi connectivity index (χ4v) is 2.27. The maximum absolute atomic E-state index is 10.5. The SMILES string of the molecule is Cc1csc(NN=Cc2cc(Cl)ccc2OCC(=O)O)n1. The first-order valence-corrected chi connectivity index (χ1v) is 7.15. The Morgan fingerprint density at radius 2 is 2.43 bits per heavy atom. The van der Waals surface area contributed by atoms with Crippen LogP contribution in [0.4, 0.5) is 5.13 Å². The molecule has 8 heteroatoms. The van der Waals surface area contributed by atoms with Gasteiger partial charge < -0.3 is 9.84 Å². The number of benzene rings is 1. The molecule has 0 aliphatic rings. The van der Waals surface area contributed by atoms with E-state index in [1.54, 1.807) is 18.2 Å². The number of rotatable bonds is 6. The number of nitrogens with zero attached hydrogens (tertiary/aromatic N) is 2. The van der Waals surface area contributed by atoms with E-state index in [0.29, 0.717) is 21.5 Å². The minimum absolute atomic E-state index is 0.391. The van der Waals surface area contributed by atoms with Gasteiger partial charge in [0.1, 0.15) is 5.75 Å². The number of carboxylic acid groups (broad SMARTS) is 1. The summed E-state index contributed by atoms with van der Waals surface area (Å²) in [5.74, 6) is -0.660. The lowest BCUT2D eigenvalue weighted by molar-refractivity contribution is -0.139. The van der Waals surface area contributed by atoms with Gasteiger partial charge in [-0.05, 0) is 25.1 Å². The Morgan fingerprint density at radius 1 is 1.62 bits per heavy atom. The van der Waals surface area contributed by atoms with Crippen molar-refractivity contribution in [1.29, 1.82) is 0 Å². The smallest absolute Gasteiger partial charge is 0.341 e. The summed E-state index contributed by atoms with van der Waals surface area (Å²) >= 11 is 7.35. The lowest BCUT2D eigenvalue weighted by Crippen LogP contribution is -2.10. The number of aliphatic carboxylic acids is 1. The van der Waals surface area contributed by atoms with Crippen molar-refractivity contribution < 1.29 is 14.6 Å². The van der Waals surface area contributed by atoms with Gasteiger partial charge in [0.25, 0.3) is 0 Å². The Balaban J connectivity index is 2.09. The largest absolute Gasteiger partial charge is 0.481 e. The summed E-state index contributed by atoms with van der Waals surface area (Å²) in [6, 6.07) is 4.85. The van der Waals surface area contributed by atoms with Crippen LogP contribution in [-0.4, -0.2) is 28.9 Å². The Morgan fingerprint density at radius 3 is 3.10 bits per heavy atom. The number of hydrogen-bond acceptors (Lipinski definition) is 6. The van der Waals surface area contributed by atoms with E-state index in [4.69, 9.17) is 21.4 Å². The zero-order valence-electron chi connectivity index (χ0n) is 11.0. The van der Waals surface area contributed by atoms with Gasteiger partial charge >= 0.3 is 5.97 Å². The average Bonchev–Trinajstić information content (AvgIpc) is 2.83. The van der Waals surface area contributed by atoms with Crippen LogP contribution in [0.2, 0.25) is 5.02 Å². The summed E-state index contributed by atoms with van der Waals surface area (Å²) in [6.45, 7) is 1.46. The molecule has 0 atom stereocenters. The molecule has 0 aliphatic carbocycles. The molecule has 0 aliphatic heterocycles. The molecular weight excluding hydrogens is 314 g/mol. The maximum Gasteiger partial charge on any atom is 0.341 e. The van der Waals surface area contributed by atoms with E-state index < -0.39 is 12.6 Å². The van der Waals surface area contributed by atoms with Crippen molar-refractivity contribution in [2.75, 3.05) is 12.0 Å². The van der Waals surface area contributed by atoms with Crippen molar-refractivity contribution in [3.8, 4) is 5.75 Å². The van der Waals surface area contributed by atoms with Crippen molar-refractivity contribution in [2.45, 2.75) is 6.92 Å². The zero-order chi connectivity index (χ0) is 15.2. The molecule has 0 radical (unpaired) electrons. The molecule has 0 saturated carbocycles. The first kappa shape index (κ1) is 15.3. The summed E-state index contributed by atoms with van der Waals surface area (Å²) in [7, 11) is 0. The monoisotopic (exact) mass is 325 g/mol. The normalized spacial score (nSPS) is 10.8. The summed E-state index contributed by atoms with van der Waals surface area (Å²) in [6.07, 6.45) is 1.50. The highest BCUT2D eigenvalue weighted by Gasteiger charge is 2.05. The molecular formula is C13H12ClN3O3S. The van der Waals surface area contributed by atoms with Crippen LogP contribution < -0.4 is 10.2 Å². The topological polar surface area (TPSA) is 83.8 Å². The Labute approximate surface area is 130 Å². The van der Waals surface area contributed by atoms with Crippen LogP contribution in [0, 0.1) is 6.92 Å². The summed E-state index contributed by atoms with van der Waals surface area (Å²) in [5.41, 5.74) is 4.27. The molecule has 21 heavy (non-hydrogen) atoms. The molecule has 2 rings (SSSR count). The minimum Gasteiger partial charge on any atom is -0.481 e. The Bertz CT molecular complexity index is 672. The van der Waals surface area contributed by atoms with Crippen molar-refractivity contribution >= 4 is 40.3 Å². The number of aryl methyl sites for hydroxylation is 1. The molecule has 6 nitrogen and oxygen atoms in total. The first-order chi connectivity index (χ1) is 10.0. The molecule has 0 spiro atoms. The number of halogens is 1. The molecule has 1 aromatic heterocycles. The average molecular weight is 326 g/mol. The predicted molar refractivity (Wildman–Crippen MR) is 82.7 cm³/mol. The second kappa shape index (κ2) is 7.05. The first-order valence-electron chi connectivity index (χ1n) is 5.90. The third kappa shape index (κ3) is 4.73. The zero-order valence-corrected chi connectivity index (χ0v) is 12.6. The summed E-state index contributed by atoms with van der Waals surface area (Å²) < 4.78 is 5.17. The number of aromatic nitrogens is 1. The van der Waals surface area contributed by atoms with Crippen LogP contribution in [0.15, 0.2) is 28.7 Å². The van der Waals surface area contributed by atoms with Gasteiger partial charge in [0, 0.05) is 16.0 Å². The van der Waals surface area contributed by atoms with E-state index >= 15 is 0 Å². The van der Waals surface area contributed by atoms with Gasteiger partial charge in [-0.1, -0.05) is 11.6 Å². The molecule has 0 saturated heterocycles.